The van der Waals surface area contributed by atoms with Gasteiger partial charge in [0, 0.05) is 25.2 Å². The molecule has 0 aromatic heterocycles. The van der Waals surface area contributed by atoms with Crippen molar-refractivity contribution >= 4 is 0 Å². The lowest BCUT2D eigenvalue weighted by Crippen LogP contribution is -2.40. The van der Waals surface area contributed by atoms with Crippen molar-refractivity contribution in [3.63, 3.8) is 0 Å². The highest BCUT2D eigenvalue weighted by atomic mass is 16.3. The molecule has 3 heteroatoms. The minimum atomic E-state index is 0.357. The average molecular weight is 248 g/mol. The topological polar surface area (TPSA) is 35.5 Å². The van der Waals surface area contributed by atoms with Gasteiger partial charge >= 0.3 is 0 Å². The Bertz CT molecular complexity index is 373. The van der Waals surface area contributed by atoms with E-state index in [4.69, 9.17) is 0 Å². The molecule has 2 rings (SSSR count). The third-order valence-electron chi connectivity index (χ3n) is 3.64. The molecular formula is C15H24N2O. The summed E-state index contributed by atoms with van der Waals surface area (Å²) in [6.07, 6.45) is 2.58. The highest BCUT2D eigenvalue weighted by Crippen LogP contribution is 2.16. The van der Waals surface area contributed by atoms with Gasteiger partial charge < -0.3 is 10.4 Å². The zero-order valence-corrected chi connectivity index (χ0v) is 11.4. The molecule has 1 aliphatic heterocycles. The fourth-order valence-corrected chi connectivity index (χ4v) is 2.54. The summed E-state index contributed by atoms with van der Waals surface area (Å²) in [6, 6.07) is 8.73. The Morgan fingerprint density at radius 3 is 2.89 bits per heavy atom. The van der Waals surface area contributed by atoms with Crippen molar-refractivity contribution in [1.82, 2.24) is 10.2 Å². The van der Waals surface area contributed by atoms with Gasteiger partial charge in [0.2, 0.25) is 0 Å². The predicted molar refractivity (Wildman–Crippen MR) is 74.7 cm³/mol. The van der Waals surface area contributed by atoms with E-state index in [9.17, 15) is 5.11 Å². The largest absolute Gasteiger partial charge is 0.508 e. The molecule has 0 aliphatic carbocycles. The summed E-state index contributed by atoms with van der Waals surface area (Å²) in [7, 11) is 0. The molecule has 1 saturated heterocycles. The van der Waals surface area contributed by atoms with Crippen molar-refractivity contribution in [3.8, 4) is 5.75 Å². The SMILES string of the molecule is CC(C)N(Cc1cccc(O)c1)CC1CCCN1. The second-order valence-electron chi connectivity index (χ2n) is 5.49. The molecule has 1 aliphatic rings. The standard InChI is InChI=1S/C15H24N2O/c1-12(2)17(11-14-6-4-8-16-14)10-13-5-3-7-15(18)9-13/h3,5,7,9,12,14,16,18H,4,6,8,10-11H2,1-2H3. The Labute approximate surface area is 110 Å². The summed E-state index contributed by atoms with van der Waals surface area (Å²) in [4.78, 5) is 2.47. The first-order valence-corrected chi connectivity index (χ1v) is 6.90. The average Bonchev–Trinajstić information content (AvgIpc) is 2.81. The molecule has 18 heavy (non-hydrogen) atoms. The molecule has 100 valence electrons. The van der Waals surface area contributed by atoms with Crippen LogP contribution >= 0.6 is 0 Å². The summed E-state index contributed by atoms with van der Waals surface area (Å²) in [5.74, 6) is 0.357. The van der Waals surface area contributed by atoms with Gasteiger partial charge in [0.05, 0.1) is 0 Å². The van der Waals surface area contributed by atoms with Crippen molar-refractivity contribution in [1.29, 1.82) is 0 Å². The third-order valence-corrected chi connectivity index (χ3v) is 3.64. The number of phenolic OH excluding ortho intramolecular Hbond substituents is 1. The molecule has 0 bridgehead atoms. The monoisotopic (exact) mass is 248 g/mol. The minimum Gasteiger partial charge on any atom is -0.508 e. The van der Waals surface area contributed by atoms with Crippen LogP contribution in [-0.4, -0.2) is 35.2 Å². The Kier molecular flexibility index (Phi) is 4.61. The van der Waals surface area contributed by atoms with Crippen LogP contribution in [0, 0.1) is 0 Å². The van der Waals surface area contributed by atoms with Gasteiger partial charge in [-0.3, -0.25) is 4.90 Å². The number of hydrogen-bond donors (Lipinski definition) is 2. The first-order valence-electron chi connectivity index (χ1n) is 6.90. The van der Waals surface area contributed by atoms with E-state index >= 15 is 0 Å². The number of nitrogens with zero attached hydrogens (tertiary/aromatic N) is 1. The van der Waals surface area contributed by atoms with E-state index in [1.165, 1.54) is 18.4 Å². The van der Waals surface area contributed by atoms with Crippen LogP contribution in [0.25, 0.3) is 0 Å². The number of rotatable bonds is 5. The van der Waals surface area contributed by atoms with Gasteiger partial charge in [-0.25, -0.2) is 0 Å². The van der Waals surface area contributed by atoms with E-state index in [0.29, 0.717) is 17.8 Å². The lowest BCUT2D eigenvalue weighted by Gasteiger charge is -2.29. The van der Waals surface area contributed by atoms with Gasteiger partial charge in [-0.2, -0.15) is 0 Å². The predicted octanol–water partition coefficient (Wildman–Crippen LogP) is 2.35. The van der Waals surface area contributed by atoms with Crippen LogP contribution in [0.15, 0.2) is 24.3 Å². The zero-order valence-electron chi connectivity index (χ0n) is 11.4. The van der Waals surface area contributed by atoms with Crippen molar-refractivity contribution in [2.24, 2.45) is 0 Å². The quantitative estimate of drug-likeness (QED) is 0.839. The smallest absolute Gasteiger partial charge is 0.115 e. The van der Waals surface area contributed by atoms with Crippen LogP contribution in [0.5, 0.6) is 5.75 Å². The van der Waals surface area contributed by atoms with Gasteiger partial charge in [-0.15, -0.1) is 0 Å². The number of phenols is 1. The van der Waals surface area contributed by atoms with Crippen LogP contribution in [-0.2, 0) is 6.54 Å². The summed E-state index contributed by atoms with van der Waals surface area (Å²) < 4.78 is 0. The number of aromatic hydroxyl groups is 1. The van der Waals surface area contributed by atoms with Crippen molar-refractivity contribution in [3.05, 3.63) is 29.8 Å². The molecule has 3 nitrogen and oxygen atoms in total. The molecule has 1 unspecified atom stereocenters. The number of benzene rings is 1. The summed E-state index contributed by atoms with van der Waals surface area (Å²) in [5, 5.41) is 13.1. The van der Waals surface area contributed by atoms with Gasteiger partial charge in [-0.05, 0) is 50.9 Å². The second kappa shape index (κ2) is 6.21. The molecule has 0 saturated carbocycles. The Morgan fingerprint density at radius 2 is 2.28 bits per heavy atom. The van der Waals surface area contributed by atoms with E-state index in [1.54, 1.807) is 6.07 Å². The van der Waals surface area contributed by atoms with Gasteiger partial charge in [-0.1, -0.05) is 12.1 Å². The molecule has 0 radical (unpaired) electrons. The Morgan fingerprint density at radius 1 is 1.44 bits per heavy atom. The first kappa shape index (κ1) is 13.4. The van der Waals surface area contributed by atoms with Crippen molar-refractivity contribution in [2.75, 3.05) is 13.1 Å². The lowest BCUT2D eigenvalue weighted by atomic mass is 10.1. The maximum Gasteiger partial charge on any atom is 0.115 e. The van der Waals surface area contributed by atoms with Crippen LogP contribution in [0.4, 0.5) is 0 Å². The normalized spacial score (nSPS) is 19.9. The molecule has 1 aromatic rings. The van der Waals surface area contributed by atoms with Crippen molar-refractivity contribution in [2.45, 2.75) is 45.3 Å². The van der Waals surface area contributed by atoms with E-state index in [0.717, 1.165) is 19.6 Å². The van der Waals surface area contributed by atoms with E-state index in [-0.39, 0.29) is 0 Å². The maximum atomic E-state index is 9.52. The fourth-order valence-electron chi connectivity index (χ4n) is 2.54. The third kappa shape index (κ3) is 3.72. The molecule has 0 amide bonds. The second-order valence-corrected chi connectivity index (χ2v) is 5.49. The summed E-state index contributed by atoms with van der Waals surface area (Å²) >= 11 is 0. The Balaban J connectivity index is 1.97. The highest BCUT2D eigenvalue weighted by Gasteiger charge is 2.19. The van der Waals surface area contributed by atoms with E-state index in [1.807, 2.05) is 12.1 Å². The van der Waals surface area contributed by atoms with E-state index in [2.05, 4.69) is 30.1 Å². The molecule has 1 atom stereocenters. The minimum absolute atomic E-state index is 0.357. The molecule has 0 spiro atoms. The van der Waals surface area contributed by atoms with Crippen LogP contribution in [0.1, 0.15) is 32.3 Å². The molecule has 1 fully saturated rings. The Hall–Kier alpha value is -1.06. The van der Waals surface area contributed by atoms with Gasteiger partial charge in [0.1, 0.15) is 5.75 Å². The molecule has 1 heterocycles. The van der Waals surface area contributed by atoms with Crippen LogP contribution < -0.4 is 5.32 Å². The van der Waals surface area contributed by atoms with E-state index < -0.39 is 0 Å². The lowest BCUT2D eigenvalue weighted by molar-refractivity contribution is 0.194. The maximum absolute atomic E-state index is 9.52. The fraction of sp³-hybridized carbons (Fsp3) is 0.600. The summed E-state index contributed by atoms with van der Waals surface area (Å²) in [5.41, 5.74) is 1.18. The zero-order chi connectivity index (χ0) is 13.0. The van der Waals surface area contributed by atoms with Crippen molar-refractivity contribution < 1.29 is 5.11 Å². The highest BCUT2D eigenvalue weighted by molar-refractivity contribution is 5.27. The number of nitrogens with one attached hydrogen (secondary N) is 1. The molecule has 2 N–H and O–H groups in total. The van der Waals surface area contributed by atoms with Gasteiger partial charge in [0.15, 0.2) is 0 Å². The van der Waals surface area contributed by atoms with Crippen LogP contribution in [0.2, 0.25) is 0 Å². The van der Waals surface area contributed by atoms with Gasteiger partial charge in [0.25, 0.3) is 0 Å². The summed E-state index contributed by atoms with van der Waals surface area (Å²) in [6.45, 7) is 7.62. The first-order chi connectivity index (χ1) is 8.65. The molecule has 1 aromatic carbocycles. The number of hydrogen-bond acceptors (Lipinski definition) is 3. The molecular weight excluding hydrogens is 224 g/mol. The van der Waals surface area contributed by atoms with Crippen LogP contribution in [0.3, 0.4) is 0 Å².